The molecule has 2 aromatic rings. The largest absolute Gasteiger partial charge is 0.386 e. The lowest BCUT2D eigenvalue weighted by molar-refractivity contribution is 0.0846. The fraction of sp³-hybridized carbons (Fsp3) is 0.421. The van der Waals surface area contributed by atoms with Crippen LogP contribution in [-0.4, -0.2) is 27.0 Å². The summed E-state index contributed by atoms with van der Waals surface area (Å²) in [5.74, 6) is 0.329. The number of aliphatic hydroxyl groups is 1. The molecule has 5 nitrogen and oxygen atoms in total. The highest BCUT2D eigenvalue weighted by atomic mass is 19.1. The minimum Gasteiger partial charge on any atom is -0.386 e. The maximum absolute atomic E-state index is 13.0. The highest BCUT2D eigenvalue weighted by molar-refractivity contribution is 5.92. The van der Waals surface area contributed by atoms with Gasteiger partial charge < -0.3 is 10.4 Å². The summed E-state index contributed by atoms with van der Waals surface area (Å²) in [5, 5.41) is 13.1. The standard InChI is InChI=1S/C19H22FN3O2/c1-12(17(24)13-6-8-15(20)9-7-13)22-19(25)16-10-11-21-18(23-16)14-4-2-3-5-14/h6-12,14,17,24H,2-5H2,1H3,(H,22,25). The molecule has 2 atom stereocenters. The van der Waals surface area contributed by atoms with Gasteiger partial charge >= 0.3 is 0 Å². The predicted molar refractivity (Wildman–Crippen MR) is 91.5 cm³/mol. The molecule has 0 saturated heterocycles. The number of carbonyl (C=O) groups is 1. The SMILES string of the molecule is CC(NC(=O)c1ccnc(C2CCCC2)n1)C(O)c1ccc(F)cc1. The van der Waals surface area contributed by atoms with E-state index in [1.807, 2.05) is 0 Å². The van der Waals surface area contributed by atoms with Gasteiger partial charge in [0.05, 0.1) is 12.1 Å². The molecule has 1 heterocycles. The van der Waals surface area contributed by atoms with E-state index in [-0.39, 0.29) is 11.7 Å². The van der Waals surface area contributed by atoms with Crippen molar-refractivity contribution in [1.82, 2.24) is 15.3 Å². The zero-order valence-electron chi connectivity index (χ0n) is 14.2. The molecule has 3 rings (SSSR count). The quantitative estimate of drug-likeness (QED) is 0.875. The number of carbonyl (C=O) groups excluding carboxylic acids is 1. The van der Waals surface area contributed by atoms with Gasteiger partial charge in [-0.25, -0.2) is 14.4 Å². The first-order chi connectivity index (χ1) is 12.0. The number of aliphatic hydroxyl groups excluding tert-OH is 1. The van der Waals surface area contributed by atoms with Crippen LogP contribution in [-0.2, 0) is 0 Å². The Labute approximate surface area is 146 Å². The van der Waals surface area contributed by atoms with Crippen LogP contribution in [0, 0.1) is 5.82 Å². The number of nitrogens with zero attached hydrogens (tertiary/aromatic N) is 2. The molecule has 2 N–H and O–H groups in total. The van der Waals surface area contributed by atoms with Crippen molar-refractivity contribution < 1.29 is 14.3 Å². The van der Waals surface area contributed by atoms with Crippen molar-refractivity contribution in [2.75, 3.05) is 0 Å². The minimum atomic E-state index is -0.930. The third-order valence-corrected chi connectivity index (χ3v) is 4.67. The number of amides is 1. The van der Waals surface area contributed by atoms with E-state index < -0.39 is 12.1 Å². The lowest BCUT2D eigenvalue weighted by Gasteiger charge is -2.20. The molecular formula is C19H22FN3O2. The Bertz CT molecular complexity index is 730. The second-order valence-electron chi connectivity index (χ2n) is 6.54. The van der Waals surface area contributed by atoms with Gasteiger partial charge in [-0.1, -0.05) is 25.0 Å². The molecule has 1 aromatic carbocycles. The van der Waals surface area contributed by atoms with E-state index >= 15 is 0 Å². The molecule has 0 radical (unpaired) electrons. The van der Waals surface area contributed by atoms with E-state index in [1.165, 1.54) is 37.1 Å². The topological polar surface area (TPSA) is 75.1 Å². The first-order valence-electron chi connectivity index (χ1n) is 8.62. The Hall–Kier alpha value is -2.34. The minimum absolute atomic E-state index is 0.301. The molecule has 1 aromatic heterocycles. The Balaban J connectivity index is 1.66. The summed E-state index contributed by atoms with van der Waals surface area (Å²) < 4.78 is 13.0. The van der Waals surface area contributed by atoms with Crippen molar-refractivity contribution in [3.05, 3.63) is 59.4 Å². The van der Waals surface area contributed by atoms with Crippen molar-refractivity contribution >= 4 is 5.91 Å². The van der Waals surface area contributed by atoms with E-state index in [1.54, 1.807) is 19.2 Å². The maximum Gasteiger partial charge on any atom is 0.270 e. The average molecular weight is 343 g/mol. The summed E-state index contributed by atoms with van der Waals surface area (Å²) in [5.41, 5.74) is 0.846. The lowest BCUT2D eigenvalue weighted by atomic mass is 10.0. The van der Waals surface area contributed by atoms with Gasteiger partial charge in [0.2, 0.25) is 0 Å². The summed E-state index contributed by atoms with van der Waals surface area (Å²) in [4.78, 5) is 21.1. The van der Waals surface area contributed by atoms with Crippen LogP contribution in [0.5, 0.6) is 0 Å². The smallest absolute Gasteiger partial charge is 0.270 e. The molecule has 132 valence electrons. The Morgan fingerprint density at radius 1 is 1.24 bits per heavy atom. The van der Waals surface area contributed by atoms with Crippen LogP contribution in [0.3, 0.4) is 0 Å². The fourth-order valence-corrected chi connectivity index (χ4v) is 3.19. The summed E-state index contributed by atoms with van der Waals surface area (Å²) in [6, 6.07) is 6.61. The van der Waals surface area contributed by atoms with Gasteiger partial charge in [0.25, 0.3) is 5.91 Å². The molecule has 0 bridgehead atoms. The summed E-state index contributed by atoms with van der Waals surface area (Å²) >= 11 is 0. The maximum atomic E-state index is 13.0. The molecule has 1 aliphatic rings. The van der Waals surface area contributed by atoms with E-state index in [0.29, 0.717) is 17.2 Å². The first kappa shape index (κ1) is 17.5. The van der Waals surface area contributed by atoms with Crippen molar-refractivity contribution in [1.29, 1.82) is 0 Å². The molecule has 0 spiro atoms. The second kappa shape index (κ2) is 7.70. The normalized spacial score (nSPS) is 17.2. The highest BCUT2D eigenvalue weighted by Crippen LogP contribution is 2.31. The van der Waals surface area contributed by atoms with Crippen molar-refractivity contribution in [3.8, 4) is 0 Å². The Morgan fingerprint density at radius 2 is 1.92 bits per heavy atom. The van der Waals surface area contributed by atoms with Crippen LogP contribution in [0.4, 0.5) is 4.39 Å². The van der Waals surface area contributed by atoms with Crippen LogP contribution in [0.2, 0.25) is 0 Å². The number of aromatic nitrogens is 2. The van der Waals surface area contributed by atoms with Crippen molar-refractivity contribution in [2.24, 2.45) is 0 Å². The van der Waals surface area contributed by atoms with Crippen LogP contribution in [0.15, 0.2) is 36.5 Å². The number of benzene rings is 1. The molecule has 0 aliphatic heterocycles. The van der Waals surface area contributed by atoms with Crippen molar-refractivity contribution in [3.63, 3.8) is 0 Å². The monoisotopic (exact) mass is 343 g/mol. The third kappa shape index (κ3) is 4.20. The third-order valence-electron chi connectivity index (χ3n) is 4.67. The Morgan fingerprint density at radius 3 is 2.60 bits per heavy atom. The van der Waals surface area contributed by atoms with E-state index in [2.05, 4.69) is 15.3 Å². The van der Waals surface area contributed by atoms with Crippen LogP contribution >= 0.6 is 0 Å². The highest BCUT2D eigenvalue weighted by Gasteiger charge is 2.23. The van der Waals surface area contributed by atoms with E-state index in [9.17, 15) is 14.3 Å². The molecule has 25 heavy (non-hydrogen) atoms. The lowest BCUT2D eigenvalue weighted by Crippen LogP contribution is -2.37. The molecule has 2 unspecified atom stereocenters. The van der Waals surface area contributed by atoms with Crippen LogP contribution in [0.25, 0.3) is 0 Å². The molecule has 1 aliphatic carbocycles. The van der Waals surface area contributed by atoms with E-state index in [4.69, 9.17) is 0 Å². The second-order valence-corrected chi connectivity index (χ2v) is 6.54. The predicted octanol–water partition coefficient (Wildman–Crippen LogP) is 3.13. The molecule has 6 heteroatoms. The summed E-state index contributed by atoms with van der Waals surface area (Å²) in [7, 11) is 0. The van der Waals surface area contributed by atoms with Crippen molar-refractivity contribution in [2.45, 2.75) is 50.7 Å². The van der Waals surface area contributed by atoms with Gasteiger partial charge in [0.15, 0.2) is 0 Å². The molecule has 1 fully saturated rings. The van der Waals surface area contributed by atoms with Gasteiger partial charge in [-0.3, -0.25) is 4.79 Å². The van der Waals surface area contributed by atoms with Crippen LogP contribution in [0.1, 0.15) is 66.5 Å². The summed E-state index contributed by atoms with van der Waals surface area (Å²) in [6.45, 7) is 1.70. The number of halogens is 1. The Kier molecular flexibility index (Phi) is 5.38. The molecule has 1 saturated carbocycles. The summed E-state index contributed by atoms with van der Waals surface area (Å²) in [6.07, 6.45) is 5.14. The zero-order chi connectivity index (χ0) is 17.8. The molecule has 1 amide bonds. The van der Waals surface area contributed by atoms with Gasteiger partial charge in [-0.05, 0) is 43.5 Å². The average Bonchev–Trinajstić information content (AvgIpc) is 3.16. The van der Waals surface area contributed by atoms with Gasteiger partial charge in [0.1, 0.15) is 17.3 Å². The number of rotatable bonds is 5. The number of hydrogen-bond donors (Lipinski definition) is 2. The van der Waals surface area contributed by atoms with Gasteiger partial charge in [-0.15, -0.1) is 0 Å². The zero-order valence-corrected chi connectivity index (χ0v) is 14.2. The van der Waals surface area contributed by atoms with E-state index in [0.717, 1.165) is 18.7 Å². The number of nitrogens with one attached hydrogen (secondary N) is 1. The number of hydrogen-bond acceptors (Lipinski definition) is 4. The van der Waals surface area contributed by atoms with Gasteiger partial charge in [0, 0.05) is 12.1 Å². The molecular weight excluding hydrogens is 321 g/mol. The van der Waals surface area contributed by atoms with Crippen LogP contribution < -0.4 is 5.32 Å². The fourth-order valence-electron chi connectivity index (χ4n) is 3.19. The van der Waals surface area contributed by atoms with Gasteiger partial charge in [-0.2, -0.15) is 0 Å². The first-order valence-corrected chi connectivity index (χ1v) is 8.62.